The zero-order valence-electron chi connectivity index (χ0n) is 15.1. The topological polar surface area (TPSA) is 81.7 Å². The fourth-order valence-corrected chi connectivity index (χ4v) is 3.08. The molecule has 3 N–H and O–H groups in total. The number of carbonyl (C=O) groups is 2. The molecule has 0 bridgehead atoms. The lowest BCUT2D eigenvalue weighted by Gasteiger charge is -2.21. The summed E-state index contributed by atoms with van der Waals surface area (Å²) < 4.78 is 0. The van der Waals surface area contributed by atoms with Gasteiger partial charge in [0, 0.05) is 49.8 Å². The van der Waals surface area contributed by atoms with Crippen molar-refractivity contribution in [3.05, 3.63) is 35.4 Å². The Kier molecular flexibility index (Phi) is 7.40. The fourth-order valence-electron chi connectivity index (χ4n) is 3.08. The minimum absolute atomic E-state index is 0.0263. The van der Waals surface area contributed by atoms with Gasteiger partial charge in [-0.2, -0.15) is 0 Å². The number of amides is 2. The standard InChI is InChI=1S/C19H29N3O3/c1-3-8-22(9-4-2)19(25)15-7-5-6-14(10-15)18(24)21-12-16-11-20-13-17(16)23/h5-7,10,16-17,20,23H,3-4,8-9,11-13H2,1-2H3,(H,21,24). The average molecular weight is 347 g/mol. The molecule has 2 amide bonds. The third kappa shape index (κ3) is 5.28. The Bertz CT molecular complexity index is 585. The molecule has 0 saturated carbocycles. The molecule has 2 atom stereocenters. The van der Waals surface area contributed by atoms with Gasteiger partial charge in [-0.25, -0.2) is 0 Å². The first kappa shape index (κ1) is 19.4. The molecule has 1 saturated heterocycles. The van der Waals surface area contributed by atoms with Gasteiger partial charge >= 0.3 is 0 Å². The van der Waals surface area contributed by atoms with Crippen LogP contribution in [0, 0.1) is 5.92 Å². The Morgan fingerprint density at radius 3 is 2.48 bits per heavy atom. The molecule has 1 fully saturated rings. The van der Waals surface area contributed by atoms with Gasteiger partial charge in [0.15, 0.2) is 0 Å². The van der Waals surface area contributed by atoms with Crippen LogP contribution in [-0.4, -0.2) is 60.6 Å². The van der Waals surface area contributed by atoms with Crippen LogP contribution in [0.1, 0.15) is 47.4 Å². The van der Waals surface area contributed by atoms with E-state index in [-0.39, 0.29) is 17.7 Å². The second-order valence-electron chi connectivity index (χ2n) is 6.57. The van der Waals surface area contributed by atoms with E-state index < -0.39 is 6.10 Å². The van der Waals surface area contributed by atoms with E-state index in [1.807, 2.05) is 18.7 Å². The predicted octanol–water partition coefficient (Wildman–Crippen LogP) is 1.26. The van der Waals surface area contributed by atoms with E-state index in [9.17, 15) is 14.7 Å². The molecule has 1 aromatic rings. The maximum Gasteiger partial charge on any atom is 0.253 e. The number of β-amino-alcohol motifs (C(OH)–C–C–N with tert-alkyl or cyclic N) is 1. The first-order valence-corrected chi connectivity index (χ1v) is 9.13. The lowest BCUT2D eigenvalue weighted by molar-refractivity contribution is 0.0755. The highest BCUT2D eigenvalue weighted by Gasteiger charge is 2.25. The van der Waals surface area contributed by atoms with Crippen molar-refractivity contribution in [2.75, 3.05) is 32.7 Å². The summed E-state index contributed by atoms with van der Waals surface area (Å²) in [5.74, 6) is -0.224. The van der Waals surface area contributed by atoms with Gasteiger partial charge < -0.3 is 20.6 Å². The van der Waals surface area contributed by atoms with Gasteiger partial charge in [-0.1, -0.05) is 19.9 Å². The predicted molar refractivity (Wildman–Crippen MR) is 97.6 cm³/mol. The number of carbonyl (C=O) groups excluding carboxylic acids is 2. The Labute approximate surface area is 149 Å². The number of nitrogens with zero attached hydrogens (tertiary/aromatic N) is 1. The molecule has 0 radical (unpaired) electrons. The van der Waals surface area contributed by atoms with E-state index in [0.29, 0.717) is 30.8 Å². The van der Waals surface area contributed by atoms with Crippen LogP contribution >= 0.6 is 0 Å². The van der Waals surface area contributed by atoms with E-state index >= 15 is 0 Å². The summed E-state index contributed by atoms with van der Waals surface area (Å²) >= 11 is 0. The molecular formula is C19H29N3O3. The molecule has 0 aliphatic carbocycles. The fraction of sp³-hybridized carbons (Fsp3) is 0.579. The van der Waals surface area contributed by atoms with Crippen molar-refractivity contribution < 1.29 is 14.7 Å². The normalized spacial score (nSPS) is 19.6. The molecule has 1 aliphatic heterocycles. The van der Waals surface area contributed by atoms with E-state index in [4.69, 9.17) is 0 Å². The van der Waals surface area contributed by atoms with E-state index in [0.717, 1.165) is 25.9 Å². The van der Waals surface area contributed by atoms with E-state index in [1.165, 1.54) is 0 Å². The van der Waals surface area contributed by atoms with Crippen LogP contribution in [0.3, 0.4) is 0 Å². The molecule has 25 heavy (non-hydrogen) atoms. The van der Waals surface area contributed by atoms with E-state index in [1.54, 1.807) is 24.3 Å². The largest absolute Gasteiger partial charge is 0.391 e. The number of hydrogen-bond acceptors (Lipinski definition) is 4. The molecule has 138 valence electrons. The quantitative estimate of drug-likeness (QED) is 0.661. The molecule has 2 rings (SSSR count). The highest BCUT2D eigenvalue weighted by atomic mass is 16.3. The van der Waals surface area contributed by atoms with Crippen LogP contribution in [0.5, 0.6) is 0 Å². The Balaban J connectivity index is 2.01. The SMILES string of the molecule is CCCN(CCC)C(=O)c1cccc(C(=O)NCC2CNCC2O)c1. The zero-order valence-corrected chi connectivity index (χ0v) is 15.1. The third-order valence-electron chi connectivity index (χ3n) is 4.47. The van der Waals surface area contributed by atoms with Crippen LogP contribution in [0.25, 0.3) is 0 Å². The van der Waals surface area contributed by atoms with Crippen molar-refractivity contribution in [2.24, 2.45) is 5.92 Å². The molecule has 2 unspecified atom stereocenters. The number of rotatable bonds is 8. The zero-order chi connectivity index (χ0) is 18.2. The summed E-state index contributed by atoms with van der Waals surface area (Å²) in [6, 6.07) is 6.85. The van der Waals surface area contributed by atoms with Crippen molar-refractivity contribution in [1.82, 2.24) is 15.5 Å². The maximum absolute atomic E-state index is 12.7. The number of hydrogen-bond donors (Lipinski definition) is 3. The molecule has 1 aliphatic rings. The summed E-state index contributed by atoms with van der Waals surface area (Å²) in [6.45, 7) is 7.21. The second kappa shape index (κ2) is 9.53. The van der Waals surface area contributed by atoms with Crippen LogP contribution in [0.4, 0.5) is 0 Å². The third-order valence-corrected chi connectivity index (χ3v) is 4.47. The minimum Gasteiger partial charge on any atom is -0.391 e. The second-order valence-corrected chi connectivity index (χ2v) is 6.57. The number of aliphatic hydroxyl groups excluding tert-OH is 1. The van der Waals surface area contributed by atoms with Gasteiger partial charge in [-0.05, 0) is 31.0 Å². The molecule has 0 spiro atoms. The Hall–Kier alpha value is -1.92. The first-order chi connectivity index (χ1) is 12.1. The highest BCUT2D eigenvalue weighted by Crippen LogP contribution is 2.11. The van der Waals surface area contributed by atoms with Gasteiger partial charge in [0.25, 0.3) is 11.8 Å². The summed E-state index contributed by atoms with van der Waals surface area (Å²) in [7, 11) is 0. The Morgan fingerprint density at radius 1 is 1.20 bits per heavy atom. The van der Waals surface area contributed by atoms with Gasteiger partial charge in [0.05, 0.1) is 6.10 Å². The molecule has 1 heterocycles. The van der Waals surface area contributed by atoms with Gasteiger partial charge in [0.1, 0.15) is 0 Å². The number of aliphatic hydroxyl groups is 1. The summed E-state index contributed by atoms with van der Waals surface area (Å²) in [4.78, 5) is 26.9. The van der Waals surface area contributed by atoms with Crippen molar-refractivity contribution >= 4 is 11.8 Å². The number of nitrogens with one attached hydrogen (secondary N) is 2. The van der Waals surface area contributed by atoms with Crippen molar-refractivity contribution in [3.8, 4) is 0 Å². The first-order valence-electron chi connectivity index (χ1n) is 9.13. The summed E-state index contributed by atoms with van der Waals surface area (Å²) in [5, 5.41) is 15.7. The smallest absolute Gasteiger partial charge is 0.253 e. The van der Waals surface area contributed by atoms with Gasteiger partial charge in [-0.3, -0.25) is 9.59 Å². The van der Waals surface area contributed by atoms with Crippen LogP contribution in [0.15, 0.2) is 24.3 Å². The lowest BCUT2D eigenvalue weighted by atomic mass is 10.1. The lowest BCUT2D eigenvalue weighted by Crippen LogP contribution is -2.35. The highest BCUT2D eigenvalue weighted by molar-refractivity contribution is 5.99. The minimum atomic E-state index is -0.426. The van der Waals surface area contributed by atoms with Gasteiger partial charge in [-0.15, -0.1) is 0 Å². The molecule has 1 aromatic carbocycles. The average Bonchev–Trinajstić information content (AvgIpc) is 3.04. The summed E-state index contributed by atoms with van der Waals surface area (Å²) in [6.07, 6.45) is 1.39. The van der Waals surface area contributed by atoms with Gasteiger partial charge in [0.2, 0.25) is 0 Å². The Morgan fingerprint density at radius 2 is 1.88 bits per heavy atom. The van der Waals surface area contributed by atoms with Crippen LogP contribution < -0.4 is 10.6 Å². The molecule has 0 aromatic heterocycles. The maximum atomic E-state index is 12.7. The summed E-state index contributed by atoms with van der Waals surface area (Å²) in [5.41, 5.74) is 1.01. The van der Waals surface area contributed by atoms with Crippen molar-refractivity contribution in [2.45, 2.75) is 32.8 Å². The van der Waals surface area contributed by atoms with Crippen LogP contribution in [-0.2, 0) is 0 Å². The van der Waals surface area contributed by atoms with Crippen molar-refractivity contribution in [3.63, 3.8) is 0 Å². The monoisotopic (exact) mass is 347 g/mol. The molecular weight excluding hydrogens is 318 g/mol. The van der Waals surface area contributed by atoms with E-state index in [2.05, 4.69) is 10.6 Å². The molecule has 6 nitrogen and oxygen atoms in total. The number of benzene rings is 1. The molecule has 6 heteroatoms. The van der Waals surface area contributed by atoms with Crippen LogP contribution in [0.2, 0.25) is 0 Å². The van der Waals surface area contributed by atoms with Crippen molar-refractivity contribution in [1.29, 1.82) is 0 Å².